The molecule has 3 aromatic heterocycles. The first kappa shape index (κ1) is 20.2. The molecule has 3 aromatic rings. The molecule has 11 nitrogen and oxygen atoms in total. The lowest BCUT2D eigenvalue weighted by molar-refractivity contribution is -0.157. The average Bonchev–Trinajstić information content (AvgIpc) is 3.31. The van der Waals surface area contributed by atoms with E-state index in [4.69, 9.17) is 10.5 Å². The van der Waals surface area contributed by atoms with Crippen LogP contribution in [-0.4, -0.2) is 63.1 Å². The number of aryl methyl sites for hydroxylation is 1. The molecule has 1 amide bonds. The molecule has 11 heteroatoms. The molecule has 0 aliphatic carbocycles. The van der Waals surface area contributed by atoms with E-state index in [-0.39, 0.29) is 0 Å². The lowest BCUT2D eigenvalue weighted by Gasteiger charge is -2.34. The van der Waals surface area contributed by atoms with Crippen LogP contribution in [0.25, 0.3) is 5.65 Å². The SMILES string of the molecule is Cc1cn2cc(N3c4nccc(N5CCN[C@H](C)C5)c4CC3OC(=O)C(N)=O)ncc2n1. The minimum Gasteiger partial charge on any atom is -0.434 e. The molecule has 166 valence electrons. The van der Waals surface area contributed by atoms with Crippen molar-refractivity contribution in [3.8, 4) is 0 Å². The van der Waals surface area contributed by atoms with Crippen molar-refractivity contribution >= 4 is 34.8 Å². The fraction of sp³-hybridized carbons (Fsp3) is 0.381. The molecule has 0 aromatic carbocycles. The summed E-state index contributed by atoms with van der Waals surface area (Å²) in [5.41, 5.74) is 8.68. The Hall–Kier alpha value is -3.73. The number of anilines is 3. The molecule has 5 rings (SSSR count). The van der Waals surface area contributed by atoms with E-state index in [0.29, 0.717) is 29.7 Å². The third kappa shape index (κ3) is 3.50. The number of esters is 1. The fourth-order valence-electron chi connectivity index (χ4n) is 4.40. The molecule has 5 heterocycles. The number of carbonyl (C=O) groups excluding carboxylic acids is 2. The number of nitrogens with one attached hydrogen (secondary N) is 1. The van der Waals surface area contributed by atoms with E-state index in [9.17, 15) is 9.59 Å². The number of ether oxygens (including phenoxy) is 1. The number of aromatic nitrogens is 4. The summed E-state index contributed by atoms with van der Waals surface area (Å²) in [4.78, 5) is 41.0. The van der Waals surface area contributed by atoms with E-state index in [1.165, 1.54) is 0 Å². The number of amides is 1. The summed E-state index contributed by atoms with van der Waals surface area (Å²) in [6.45, 7) is 6.62. The maximum Gasteiger partial charge on any atom is 0.398 e. The number of nitrogens with zero attached hydrogens (tertiary/aromatic N) is 6. The molecule has 0 saturated carbocycles. The Kier molecular flexibility index (Phi) is 4.89. The van der Waals surface area contributed by atoms with Gasteiger partial charge in [0.15, 0.2) is 17.7 Å². The van der Waals surface area contributed by atoms with Gasteiger partial charge in [0, 0.05) is 55.7 Å². The maximum absolute atomic E-state index is 12.1. The highest BCUT2D eigenvalue weighted by molar-refractivity contribution is 6.31. The van der Waals surface area contributed by atoms with Crippen molar-refractivity contribution in [1.29, 1.82) is 0 Å². The first-order valence-electron chi connectivity index (χ1n) is 10.5. The van der Waals surface area contributed by atoms with Gasteiger partial charge in [0.1, 0.15) is 5.82 Å². The second-order valence-electron chi connectivity index (χ2n) is 8.13. The summed E-state index contributed by atoms with van der Waals surface area (Å²) in [6.07, 6.45) is 6.64. The average molecular weight is 436 g/mol. The third-order valence-corrected chi connectivity index (χ3v) is 5.75. The Labute approximate surface area is 184 Å². The highest BCUT2D eigenvalue weighted by Gasteiger charge is 2.39. The van der Waals surface area contributed by atoms with Gasteiger partial charge in [-0.05, 0) is 19.9 Å². The van der Waals surface area contributed by atoms with Crippen molar-refractivity contribution in [3.05, 3.63) is 42.1 Å². The normalized spacial score (nSPS) is 20.4. The van der Waals surface area contributed by atoms with Crippen LogP contribution in [0.5, 0.6) is 0 Å². The first-order valence-corrected chi connectivity index (χ1v) is 10.5. The van der Waals surface area contributed by atoms with Crippen LogP contribution in [-0.2, 0) is 20.7 Å². The van der Waals surface area contributed by atoms with Crippen LogP contribution in [0.15, 0.2) is 30.9 Å². The van der Waals surface area contributed by atoms with Crippen molar-refractivity contribution < 1.29 is 14.3 Å². The monoisotopic (exact) mass is 436 g/mol. The number of carbonyl (C=O) groups is 2. The quantitative estimate of drug-likeness (QED) is 0.439. The molecule has 0 bridgehead atoms. The first-order chi connectivity index (χ1) is 15.4. The Morgan fingerprint density at radius 2 is 2.12 bits per heavy atom. The van der Waals surface area contributed by atoms with Gasteiger partial charge in [0.2, 0.25) is 0 Å². The van der Waals surface area contributed by atoms with E-state index in [0.717, 1.165) is 36.6 Å². The van der Waals surface area contributed by atoms with Gasteiger partial charge in [0.05, 0.1) is 18.1 Å². The number of hydrogen-bond acceptors (Lipinski definition) is 9. The number of imidazole rings is 1. The Morgan fingerprint density at radius 3 is 2.91 bits per heavy atom. The van der Waals surface area contributed by atoms with Crippen LogP contribution in [0.3, 0.4) is 0 Å². The highest BCUT2D eigenvalue weighted by atomic mass is 16.6. The topological polar surface area (TPSA) is 131 Å². The molecule has 0 radical (unpaired) electrons. The summed E-state index contributed by atoms with van der Waals surface area (Å²) in [5, 5.41) is 3.44. The van der Waals surface area contributed by atoms with E-state index in [2.05, 4.69) is 32.1 Å². The number of fused-ring (bicyclic) bond motifs is 2. The smallest absolute Gasteiger partial charge is 0.398 e. The predicted molar refractivity (Wildman–Crippen MR) is 117 cm³/mol. The summed E-state index contributed by atoms with van der Waals surface area (Å²) in [6, 6.07) is 2.32. The van der Waals surface area contributed by atoms with Gasteiger partial charge in [-0.15, -0.1) is 0 Å². The van der Waals surface area contributed by atoms with Crippen molar-refractivity contribution in [2.45, 2.75) is 32.5 Å². The number of nitrogens with two attached hydrogens (primary N) is 1. The number of hydrogen-bond donors (Lipinski definition) is 2. The number of primary amides is 1. The molecule has 2 aliphatic heterocycles. The largest absolute Gasteiger partial charge is 0.434 e. The van der Waals surface area contributed by atoms with Gasteiger partial charge in [-0.3, -0.25) is 9.69 Å². The molecule has 2 aliphatic rings. The minimum absolute atomic E-state index is 0.349. The maximum atomic E-state index is 12.1. The summed E-state index contributed by atoms with van der Waals surface area (Å²) in [7, 11) is 0. The van der Waals surface area contributed by atoms with Gasteiger partial charge in [-0.2, -0.15) is 0 Å². The molecule has 32 heavy (non-hydrogen) atoms. The number of rotatable bonds is 3. The third-order valence-electron chi connectivity index (χ3n) is 5.75. The number of piperazine rings is 1. The lowest BCUT2D eigenvalue weighted by atomic mass is 10.1. The zero-order chi connectivity index (χ0) is 22.4. The Balaban J connectivity index is 1.58. The van der Waals surface area contributed by atoms with Crippen LogP contribution in [0, 0.1) is 6.92 Å². The van der Waals surface area contributed by atoms with Crippen LogP contribution in [0.1, 0.15) is 18.2 Å². The van der Waals surface area contributed by atoms with Crippen molar-refractivity contribution in [2.75, 3.05) is 29.4 Å². The van der Waals surface area contributed by atoms with Gasteiger partial charge >= 0.3 is 11.9 Å². The van der Waals surface area contributed by atoms with E-state index >= 15 is 0 Å². The molecule has 1 fully saturated rings. The molecule has 1 unspecified atom stereocenters. The molecular weight excluding hydrogens is 412 g/mol. The van der Waals surface area contributed by atoms with Crippen LogP contribution >= 0.6 is 0 Å². The summed E-state index contributed by atoms with van der Waals surface area (Å²) >= 11 is 0. The highest BCUT2D eigenvalue weighted by Crippen LogP contribution is 2.41. The Bertz CT molecular complexity index is 1210. The molecule has 2 atom stereocenters. The standard InChI is InChI=1S/C21H24N8O3/c1-12-9-27(6-5-23-12)15-3-4-24-20-14(15)7-18(32-21(31)19(22)30)29(20)17-11-28-10-13(2)26-16(28)8-25-17/h3-4,8,10-12,18,23H,5-7,9H2,1-2H3,(H2,22,30)/t12-,18?/m1/s1. The van der Waals surface area contributed by atoms with Crippen molar-refractivity contribution in [3.63, 3.8) is 0 Å². The molecule has 0 spiro atoms. The lowest BCUT2D eigenvalue weighted by Crippen LogP contribution is -2.49. The Morgan fingerprint density at radius 1 is 1.28 bits per heavy atom. The van der Waals surface area contributed by atoms with E-state index in [1.807, 2.05) is 23.6 Å². The van der Waals surface area contributed by atoms with E-state index in [1.54, 1.807) is 23.5 Å². The summed E-state index contributed by atoms with van der Waals surface area (Å²) in [5.74, 6) is -1.07. The van der Waals surface area contributed by atoms with Crippen LogP contribution in [0.4, 0.5) is 17.3 Å². The predicted octanol–water partition coefficient (Wildman–Crippen LogP) is 0.280. The van der Waals surface area contributed by atoms with Gasteiger partial charge in [-0.25, -0.2) is 19.7 Å². The number of pyridine rings is 1. The molecule has 1 saturated heterocycles. The van der Waals surface area contributed by atoms with Gasteiger partial charge in [0.25, 0.3) is 0 Å². The fourth-order valence-corrected chi connectivity index (χ4v) is 4.40. The zero-order valence-electron chi connectivity index (χ0n) is 17.9. The second-order valence-corrected chi connectivity index (χ2v) is 8.13. The van der Waals surface area contributed by atoms with Crippen molar-refractivity contribution in [1.82, 2.24) is 24.7 Å². The zero-order valence-corrected chi connectivity index (χ0v) is 17.9. The second kappa shape index (κ2) is 7.75. The summed E-state index contributed by atoms with van der Waals surface area (Å²) < 4.78 is 7.33. The molecule has 3 N–H and O–H groups in total. The minimum atomic E-state index is -1.14. The van der Waals surface area contributed by atoms with Gasteiger partial charge < -0.3 is 25.1 Å². The van der Waals surface area contributed by atoms with Crippen LogP contribution in [0.2, 0.25) is 0 Å². The van der Waals surface area contributed by atoms with Gasteiger partial charge in [-0.1, -0.05) is 0 Å². The van der Waals surface area contributed by atoms with Crippen LogP contribution < -0.4 is 20.9 Å². The van der Waals surface area contributed by atoms with Crippen molar-refractivity contribution in [2.24, 2.45) is 5.73 Å². The van der Waals surface area contributed by atoms with E-state index < -0.39 is 18.1 Å². The molecular formula is C21H24N8O3.